The molecule has 1 aliphatic rings. The van der Waals surface area contributed by atoms with Gasteiger partial charge in [-0.05, 0) is 30.7 Å². The van der Waals surface area contributed by atoms with Crippen LogP contribution in [0.3, 0.4) is 0 Å². The van der Waals surface area contributed by atoms with Crippen molar-refractivity contribution < 1.29 is 18.2 Å². The number of rotatable bonds is 7. The summed E-state index contributed by atoms with van der Waals surface area (Å²) in [5.74, 6) is 0. The van der Waals surface area contributed by atoms with Crippen LogP contribution in [0.5, 0.6) is 0 Å². The van der Waals surface area contributed by atoms with E-state index in [4.69, 9.17) is 0 Å². The number of piperazine rings is 1. The summed E-state index contributed by atoms with van der Waals surface area (Å²) in [6.07, 6.45) is 0. The smallest absolute Gasteiger partial charge is 0.241 e. The minimum atomic E-state index is -3.54. The van der Waals surface area contributed by atoms with Crippen molar-refractivity contribution in [1.82, 2.24) is 4.72 Å². The maximum Gasteiger partial charge on any atom is 0.241 e. The molecule has 2 aromatic carbocycles. The highest BCUT2D eigenvalue weighted by molar-refractivity contribution is 7.89. The van der Waals surface area contributed by atoms with Crippen LogP contribution in [0.15, 0.2) is 53.4 Å². The highest BCUT2D eigenvalue weighted by atomic mass is 32.2. The number of nitrogens with zero attached hydrogens (tertiary/aromatic N) is 1. The number of hydrogen-bond acceptors (Lipinski definition) is 3. The first-order valence-corrected chi connectivity index (χ1v) is 11.7. The fraction of sp³-hybridized carbons (Fsp3) is 0.455. The maximum atomic E-state index is 12.9. The van der Waals surface area contributed by atoms with Gasteiger partial charge >= 0.3 is 0 Å². The van der Waals surface area contributed by atoms with Gasteiger partial charge in [0.05, 0.1) is 18.5 Å². The van der Waals surface area contributed by atoms with Crippen LogP contribution in [0.25, 0.3) is 0 Å². The van der Waals surface area contributed by atoms with Gasteiger partial charge in [0.1, 0.15) is 32.2 Å². The van der Waals surface area contributed by atoms with Crippen molar-refractivity contribution in [3.8, 4) is 0 Å². The van der Waals surface area contributed by atoms with Gasteiger partial charge in [-0.25, -0.2) is 13.1 Å². The predicted octanol–water partition coefficient (Wildman–Crippen LogP) is -0.506. The molecule has 0 radical (unpaired) electrons. The van der Waals surface area contributed by atoms with E-state index >= 15 is 0 Å². The third kappa shape index (κ3) is 5.36. The van der Waals surface area contributed by atoms with Gasteiger partial charge in [0.15, 0.2) is 0 Å². The van der Waals surface area contributed by atoms with E-state index in [-0.39, 0.29) is 6.04 Å². The second kappa shape index (κ2) is 9.26. The Morgan fingerprint density at radius 1 is 1.00 bits per heavy atom. The van der Waals surface area contributed by atoms with E-state index in [9.17, 15) is 8.42 Å². The van der Waals surface area contributed by atoms with E-state index in [1.165, 1.54) is 15.4 Å². The Morgan fingerprint density at radius 2 is 1.62 bits per heavy atom. The molecule has 29 heavy (non-hydrogen) atoms. The molecule has 1 atom stereocenters. The van der Waals surface area contributed by atoms with Crippen molar-refractivity contribution in [2.24, 2.45) is 0 Å². The van der Waals surface area contributed by atoms with Crippen LogP contribution in [0.4, 0.5) is 5.69 Å². The van der Waals surface area contributed by atoms with Crippen LogP contribution in [-0.4, -0.2) is 62.3 Å². The minimum Gasteiger partial charge on any atom is -0.378 e. The topological polar surface area (TPSA) is 58.3 Å². The molecule has 0 aromatic heterocycles. The summed E-state index contributed by atoms with van der Waals surface area (Å²) in [5.41, 5.74) is 3.09. The molecular weight excluding hydrogens is 384 g/mol. The Hall–Kier alpha value is -1.93. The van der Waals surface area contributed by atoms with Gasteiger partial charge in [0.2, 0.25) is 10.0 Å². The predicted molar refractivity (Wildman–Crippen MR) is 117 cm³/mol. The number of nitrogens with one attached hydrogen (secondary N) is 3. The number of anilines is 1. The minimum absolute atomic E-state index is 0.0955. The number of quaternary nitrogens is 2. The molecule has 1 aliphatic heterocycles. The lowest BCUT2D eigenvalue weighted by Crippen LogP contribution is -3.27. The molecule has 3 N–H and O–H groups in total. The van der Waals surface area contributed by atoms with Gasteiger partial charge in [-0.15, -0.1) is 0 Å². The molecule has 3 rings (SSSR count). The van der Waals surface area contributed by atoms with E-state index in [2.05, 4.69) is 40.9 Å². The average molecular weight is 419 g/mol. The molecule has 1 heterocycles. The van der Waals surface area contributed by atoms with Crippen LogP contribution in [0.1, 0.15) is 17.2 Å². The number of aryl methyl sites for hydroxylation is 1. The zero-order valence-corrected chi connectivity index (χ0v) is 18.7. The molecule has 0 bridgehead atoms. The van der Waals surface area contributed by atoms with Crippen LogP contribution in [0, 0.1) is 6.92 Å². The van der Waals surface area contributed by atoms with Crippen molar-refractivity contribution in [3.05, 3.63) is 59.7 Å². The largest absolute Gasteiger partial charge is 0.378 e. The first-order chi connectivity index (χ1) is 13.8. The maximum absolute atomic E-state index is 12.9. The van der Waals surface area contributed by atoms with Crippen molar-refractivity contribution >= 4 is 15.7 Å². The van der Waals surface area contributed by atoms with Crippen molar-refractivity contribution in [3.63, 3.8) is 0 Å². The Morgan fingerprint density at radius 3 is 2.21 bits per heavy atom. The molecule has 1 saturated heterocycles. The fourth-order valence-corrected chi connectivity index (χ4v) is 5.27. The van der Waals surface area contributed by atoms with Crippen LogP contribution >= 0.6 is 0 Å². The molecule has 0 unspecified atom stereocenters. The van der Waals surface area contributed by atoms with E-state index < -0.39 is 10.0 Å². The highest BCUT2D eigenvalue weighted by Gasteiger charge is 2.31. The Balaban J connectivity index is 1.82. The van der Waals surface area contributed by atoms with Gasteiger partial charge < -0.3 is 14.7 Å². The van der Waals surface area contributed by atoms with Gasteiger partial charge in [0, 0.05) is 25.3 Å². The lowest BCUT2D eigenvalue weighted by molar-refractivity contribution is -1.02. The fourth-order valence-electron chi connectivity index (χ4n) is 3.98. The SMILES string of the molecule is Cc1ccccc1S(=O)(=O)NC[C@@H](c1ccc(N(C)C)cc1)[NH+]1CC[NH+](C)CC1. The summed E-state index contributed by atoms with van der Waals surface area (Å²) in [5, 5.41) is 0. The first kappa shape index (κ1) is 21.8. The van der Waals surface area contributed by atoms with E-state index in [1.54, 1.807) is 12.1 Å². The summed E-state index contributed by atoms with van der Waals surface area (Å²) in [7, 11) is 2.73. The molecule has 0 amide bonds. The zero-order valence-electron chi connectivity index (χ0n) is 17.9. The molecular formula is C22H34N4O2S+2. The van der Waals surface area contributed by atoms with Crippen molar-refractivity contribution in [2.45, 2.75) is 17.9 Å². The molecule has 2 aromatic rings. The van der Waals surface area contributed by atoms with Crippen molar-refractivity contribution in [2.75, 3.05) is 58.8 Å². The van der Waals surface area contributed by atoms with E-state index in [1.807, 2.05) is 33.2 Å². The van der Waals surface area contributed by atoms with Crippen LogP contribution < -0.4 is 19.4 Å². The Labute approximate surface area is 175 Å². The second-order valence-corrected chi connectivity index (χ2v) is 10.0. The number of sulfonamides is 1. The number of benzene rings is 2. The Bertz CT molecular complexity index is 905. The third-order valence-electron chi connectivity index (χ3n) is 5.91. The van der Waals surface area contributed by atoms with Gasteiger partial charge in [0.25, 0.3) is 0 Å². The summed E-state index contributed by atoms with van der Waals surface area (Å²) >= 11 is 0. The Kier molecular flexibility index (Phi) is 6.95. The van der Waals surface area contributed by atoms with Gasteiger partial charge in [-0.2, -0.15) is 0 Å². The van der Waals surface area contributed by atoms with E-state index in [0.29, 0.717) is 11.4 Å². The highest BCUT2D eigenvalue weighted by Crippen LogP contribution is 2.18. The quantitative estimate of drug-likeness (QED) is 0.568. The lowest BCUT2D eigenvalue weighted by atomic mass is 10.0. The van der Waals surface area contributed by atoms with Crippen molar-refractivity contribution in [1.29, 1.82) is 0 Å². The summed E-state index contributed by atoms with van der Waals surface area (Å²) < 4.78 is 28.8. The number of hydrogen-bond donors (Lipinski definition) is 3. The molecule has 6 nitrogen and oxygen atoms in total. The standard InChI is InChI=1S/C22H32N4O2S/c1-18-7-5-6-8-22(18)29(27,28)23-17-21(26-15-13-25(4)14-16-26)19-9-11-20(12-10-19)24(2)3/h5-12,21,23H,13-17H2,1-4H3/p+2/t21-/m0/s1. The first-order valence-electron chi connectivity index (χ1n) is 10.3. The lowest BCUT2D eigenvalue weighted by Gasteiger charge is -2.33. The van der Waals surface area contributed by atoms with Crippen LogP contribution in [0.2, 0.25) is 0 Å². The summed E-state index contributed by atoms with van der Waals surface area (Å²) in [6.45, 7) is 6.52. The molecule has 1 fully saturated rings. The summed E-state index contributed by atoms with van der Waals surface area (Å²) in [6, 6.07) is 15.7. The van der Waals surface area contributed by atoms with Gasteiger partial charge in [-0.3, -0.25) is 0 Å². The third-order valence-corrected chi connectivity index (χ3v) is 7.49. The number of likely N-dealkylation sites (N-methyl/N-ethyl adjacent to an activating group) is 1. The molecule has 0 saturated carbocycles. The average Bonchev–Trinajstić information content (AvgIpc) is 2.70. The van der Waals surface area contributed by atoms with Crippen LogP contribution in [-0.2, 0) is 10.0 Å². The van der Waals surface area contributed by atoms with Gasteiger partial charge in [-0.1, -0.05) is 30.3 Å². The molecule has 158 valence electrons. The molecule has 0 aliphatic carbocycles. The normalized spacial score (nSPS) is 21.0. The zero-order chi connectivity index (χ0) is 21.0. The van der Waals surface area contributed by atoms with E-state index in [0.717, 1.165) is 37.4 Å². The molecule has 7 heteroatoms. The molecule has 0 spiro atoms. The second-order valence-electron chi connectivity index (χ2n) is 8.27. The monoisotopic (exact) mass is 418 g/mol. The summed E-state index contributed by atoms with van der Waals surface area (Å²) in [4.78, 5) is 5.42.